The summed E-state index contributed by atoms with van der Waals surface area (Å²) in [5.74, 6) is -4.34. The minimum atomic E-state index is -0.612. The van der Waals surface area contributed by atoms with Crippen LogP contribution in [0.2, 0.25) is 0 Å². The van der Waals surface area contributed by atoms with Gasteiger partial charge in [0.1, 0.15) is 26.4 Å². The Bertz CT molecular complexity index is 734. The maximum atomic E-state index is 12.5. The zero-order valence-corrected chi connectivity index (χ0v) is 18.5. The van der Waals surface area contributed by atoms with Gasteiger partial charge in [0.25, 0.3) is 0 Å². The van der Waals surface area contributed by atoms with Crippen LogP contribution >= 0.6 is 0 Å². The topological polar surface area (TPSA) is 114 Å². The van der Waals surface area contributed by atoms with Crippen molar-refractivity contribution in [2.24, 2.45) is 23.7 Å². The Morgan fingerprint density at radius 1 is 0.455 bits per heavy atom. The van der Waals surface area contributed by atoms with Crippen LogP contribution < -0.4 is 0 Å². The molecule has 0 spiro atoms. The summed E-state index contributed by atoms with van der Waals surface area (Å²) in [5, 5.41) is 0. The Hall–Kier alpha value is -2.94. The van der Waals surface area contributed by atoms with Crippen molar-refractivity contribution in [3.05, 3.63) is 36.5 Å². The fourth-order valence-corrected chi connectivity index (χ4v) is 4.00. The second-order valence-corrected chi connectivity index (χ2v) is 7.99. The fraction of sp³-hybridized carbons (Fsp3) is 0.583. The normalized spacial score (nSPS) is 31.5. The van der Waals surface area contributed by atoms with Crippen molar-refractivity contribution in [3.8, 4) is 0 Å². The molecule has 0 saturated carbocycles. The van der Waals surface area contributed by atoms with Gasteiger partial charge in [-0.05, 0) is 37.8 Å². The lowest BCUT2D eigenvalue weighted by atomic mass is 9.83. The van der Waals surface area contributed by atoms with Gasteiger partial charge in [0.2, 0.25) is 0 Å². The molecule has 3 aliphatic rings. The number of ether oxygens (including phenoxy) is 5. The summed E-state index contributed by atoms with van der Waals surface area (Å²) in [6.45, 7) is 0.304. The predicted octanol–water partition coefficient (Wildman–Crippen LogP) is 1.91. The number of carbonyl (C=O) groups is 4. The van der Waals surface area contributed by atoms with Crippen LogP contribution in [0.5, 0.6) is 0 Å². The molecule has 0 aromatic rings. The summed E-state index contributed by atoms with van der Waals surface area (Å²) >= 11 is 0. The highest BCUT2D eigenvalue weighted by Crippen LogP contribution is 2.29. The molecule has 0 aromatic carbocycles. The highest BCUT2D eigenvalue weighted by Gasteiger charge is 2.37. The van der Waals surface area contributed by atoms with E-state index >= 15 is 0 Å². The van der Waals surface area contributed by atoms with Gasteiger partial charge in [0.15, 0.2) is 0 Å². The molecule has 0 radical (unpaired) electrons. The molecule has 0 saturated heterocycles. The van der Waals surface area contributed by atoms with Crippen molar-refractivity contribution in [2.45, 2.75) is 25.7 Å². The quantitative estimate of drug-likeness (QED) is 0.302. The third kappa shape index (κ3) is 7.28. The summed E-state index contributed by atoms with van der Waals surface area (Å²) in [5.41, 5.74) is 0. The number of rotatable bonds is 0. The Balaban J connectivity index is 1.62. The molecule has 4 atom stereocenters. The second-order valence-electron chi connectivity index (χ2n) is 7.99. The lowest BCUT2D eigenvalue weighted by Gasteiger charge is -2.25. The summed E-state index contributed by atoms with van der Waals surface area (Å²) in [6, 6.07) is 0. The molecule has 0 amide bonds. The number of fused-ring (bicyclic) bond motifs is 2. The first-order valence-corrected chi connectivity index (χ1v) is 11.3. The second kappa shape index (κ2) is 12.9. The Morgan fingerprint density at radius 2 is 0.788 bits per heavy atom. The van der Waals surface area contributed by atoms with Gasteiger partial charge in [0.05, 0.1) is 36.9 Å². The molecule has 0 N–H and O–H groups in total. The zero-order chi connectivity index (χ0) is 23.5. The minimum Gasteiger partial charge on any atom is -0.463 e. The molecular formula is C24H30O9. The van der Waals surface area contributed by atoms with Crippen molar-refractivity contribution in [3.63, 3.8) is 0 Å². The molecule has 9 nitrogen and oxygen atoms in total. The number of esters is 4. The van der Waals surface area contributed by atoms with E-state index in [2.05, 4.69) is 0 Å². The molecule has 9 heteroatoms. The van der Waals surface area contributed by atoms with Gasteiger partial charge in [-0.1, -0.05) is 24.3 Å². The average molecular weight is 462 g/mol. The van der Waals surface area contributed by atoms with Crippen LogP contribution in [-0.2, 0) is 42.9 Å². The minimum absolute atomic E-state index is 0.00662. The molecule has 3 rings (SSSR count). The molecule has 180 valence electrons. The van der Waals surface area contributed by atoms with E-state index in [0.29, 0.717) is 25.7 Å². The smallest absolute Gasteiger partial charge is 0.310 e. The van der Waals surface area contributed by atoms with Crippen molar-refractivity contribution in [1.29, 1.82) is 0 Å². The maximum Gasteiger partial charge on any atom is 0.310 e. The summed E-state index contributed by atoms with van der Waals surface area (Å²) in [6.07, 6.45) is 12.2. The van der Waals surface area contributed by atoms with Crippen molar-refractivity contribution >= 4 is 23.9 Å². The van der Waals surface area contributed by atoms with Gasteiger partial charge in [-0.25, -0.2) is 0 Å². The van der Waals surface area contributed by atoms with Gasteiger partial charge in [-0.2, -0.15) is 0 Å². The van der Waals surface area contributed by atoms with E-state index in [1.54, 1.807) is 12.2 Å². The molecule has 1 aliphatic heterocycles. The van der Waals surface area contributed by atoms with E-state index in [9.17, 15) is 19.2 Å². The SMILES string of the molecule is O=C1OCCOCCOC(=O)[C@@H]2CC=CC[C@@H]2C(=O)OC/C=C/COC(=O)[C@@H]2CC=CC[C@H]12. The first kappa shape index (κ1) is 24.7. The Kier molecular flexibility index (Phi) is 9.68. The van der Waals surface area contributed by atoms with Crippen LogP contribution in [0.15, 0.2) is 36.5 Å². The highest BCUT2D eigenvalue weighted by molar-refractivity contribution is 5.83. The molecule has 33 heavy (non-hydrogen) atoms. The van der Waals surface area contributed by atoms with E-state index in [4.69, 9.17) is 23.7 Å². The third-order valence-corrected chi connectivity index (χ3v) is 5.83. The summed E-state index contributed by atoms with van der Waals surface area (Å²) in [4.78, 5) is 49.9. The van der Waals surface area contributed by atoms with E-state index in [1.165, 1.54) is 0 Å². The van der Waals surface area contributed by atoms with Gasteiger partial charge in [-0.15, -0.1) is 0 Å². The standard InChI is InChI=1S/C24H30O9/c25-21-17-7-1-3-9-19(17)23(27)32-15-13-29-14-16-33-24(28)20-10-4-2-8-18(20)22(26)31-12-6-5-11-30-21/h1-6,17-20H,7-16H2/b6-5+/t17-,18+,19+,20-. The number of carbonyl (C=O) groups excluding carboxylic acids is 4. The third-order valence-electron chi connectivity index (χ3n) is 5.83. The molecule has 2 aliphatic carbocycles. The zero-order valence-electron chi connectivity index (χ0n) is 18.5. The van der Waals surface area contributed by atoms with Crippen molar-refractivity contribution < 1.29 is 42.9 Å². The monoisotopic (exact) mass is 462 g/mol. The molecule has 0 bridgehead atoms. The fourth-order valence-electron chi connectivity index (χ4n) is 4.00. The first-order chi connectivity index (χ1) is 16.1. The first-order valence-electron chi connectivity index (χ1n) is 11.3. The van der Waals surface area contributed by atoms with Crippen LogP contribution in [-0.4, -0.2) is 63.5 Å². The molecule has 0 fully saturated rings. The van der Waals surface area contributed by atoms with Gasteiger partial charge >= 0.3 is 23.9 Å². The van der Waals surface area contributed by atoms with Gasteiger partial charge < -0.3 is 23.7 Å². The number of cyclic esters (lactones) is 4. The highest BCUT2D eigenvalue weighted by atomic mass is 16.6. The lowest BCUT2D eigenvalue weighted by Crippen LogP contribution is -2.34. The number of hydrogen-bond donors (Lipinski definition) is 0. The summed E-state index contributed by atoms with van der Waals surface area (Å²) < 4.78 is 26.5. The van der Waals surface area contributed by atoms with Crippen LogP contribution in [0.3, 0.4) is 0 Å². The number of hydrogen-bond acceptors (Lipinski definition) is 9. The van der Waals surface area contributed by atoms with Crippen molar-refractivity contribution in [1.82, 2.24) is 0 Å². The van der Waals surface area contributed by atoms with E-state index in [0.717, 1.165) is 0 Å². The van der Waals surface area contributed by atoms with E-state index < -0.39 is 47.5 Å². The Labute approximate surface area is 192 Å². The number of allylic oxidation sites excluding steroid dienone is 4. The summed E-state index contributed by atoms with van der Waals surface area (Å²) in [7, 11) is 0. The average Bonchev–Trinajstić information content (AvgIpc) is 2.84. The van der Waals surface area contributed by atoms with Crippen LogP contribution in [0.1, 0.15) is 25.7 Å². The van der Waals surface area contributed by atoms with E-state index in [1.807, 2.05) is 24.3 Å². The van der Waals surface area contributed by atoms with Gasteiger partial charge in [0, 0.05) is 0 Å². The van der Waals surface area contributed by atoms with Gasteiger partial charge in [-0.3, -0.25) is 19.2 Å². The largest absolute Gasteiger partial charge is 0.463 e. The van der Waals surface area contributed by atoms with Crippen LogP contribution in [0.4, 0.5) is 0 Å². The lowest BCUT2D eigenvalue weighted by molar-refractivity contribution is -0.162. The Morgan fingerprint density at radius 3 is 1.15 bits per heavy atom. The molecule has 0 unspecified atom stereocenters. The van der Waals surface area contributed by atoms with E-state index in [-0.39, 0.29) is 39.6 Å². The van der Waals surface area contributed by atoms with Crippen LogP contribution in [0, 0.1) is 23.7 Å². The predicted molar refractivity (Wildman–Crippen MR) is 115 cm³/mol. The molecular weight excluding hydrogens is 432 g/mol. The molecule has 0 aromatic heterocycles. The molecule has 1 heterocycles. The van der Waals surface area contributed by atoms with Crippen molar-refractivity contribution in [2.75, 3.05) is 39.6 Å². The maximum absolute atomic E-state index is 12.5. The van der Waals surface area contributed by atoms with Crippen LogP contribution in [0.25, 0.3) is 0 Å².